The van der Waals surface area contributed by atoms with Gasteiger partial charge in [-0.15, -0.1) is 0 Å². The van der Waals surface area contributed by atoms with E-state index in [0.29, 0.717) is 0 Å². The summed E-state index contributed by atoms with van der Waals surface area (Å²) in [5.74, 6) is -0.136. The molecule has 0 spiro atoms. The van der Waals surface area contributed by atoms with Crippen molar-refractivity contribution in [2.75, 3.05) is 17.0 Å². The van der Waals surface area contributed by atoms with E-state index in [2.05, 4.69) is 10.0 Å². The SMILES string of the molecule is O=S(=O)(CC1CCCCN1)Nc1cccc(C(F)(F)F)c1. The van der Waals surface area contributed by atoms with Crippen LogP contribution in [0.3, 0.4) is 0 Å². The van der Waals surface area contributed by atoms with Crippen LogP contribution in [0.1, 0.15) is 24.8 Å². The lowest BCUT2D eigenvalue weighted by molar-refractivity contribution is -0.137. The first-order valence-electron chi connectivity index (χ1n) is 6.67. The molecule has 1 unspecified atom stereocenters. The number of halogens is 3. The van der Waals surface area contributed by atoms with Gasteiger partial charge in [0.25, 0.3) is 0 Å². The largest absolute Gasteiger partial charge is 0.416 e. The monoisotopic (exact) mass is 322 g/mol. The van der Waals surface area contributed by atoms with Crippen LogP contribution in [0.2, 0.25) is 0 Å². The van der Waals surface area contributed by atoms with Crippen molar-refractivity contribution in [3.05, 3.63) is 29.8 Å². The number of hydrogen-bond acceptors (Lipinski definition) is 3. The molecular formula is C13H17F3N2O2S. The molecule has 1 heterocycles. The second-order valence-corrected chi connectivity index (χ2v) is 6.88. The number of hydrogen-bond donors (Lipinski definition) is 2. The number of piperidine rings is 1. The Morgan fingerprint density at radius 2 is 2.05 bits per heavy atom. The lowest BCUT2D eigenvalue weighted by Gasteiger charge is -2.23. The van der Waals surface area contributed by atoms with Crippen LogP contribution in [-0.2, 0) is 16.2 Å². The number of nitrogens with one attached hydrogen (secondary N) is 2. The van der Waals surface area contributed by atoms with E-state index in [9.17, 15) is 21.6 Å². The van der Waals surface area contributed by atoms with Crippen LogP contribution < -0.4 is 10.0 Å². The topological polar surface area (TPSA) is 58.2 Å². The van der Waals surface area contributed by atoms with E-state index >= 15 is 0 Å². The Bertz CT molecular complexity index is 581. The molecule has 0 amide bonds. The van der Waals surface area contributed by atoms with E-state index in [1.165, 1.54) is 12.1 Å². The summed E-state index contributed by atoms with van der Waals surface area (Å²) in [5, 5.41) is 3.10. The summed E-state index contributed by atoms with van der Waals surface area (Å²) in [6.45, 7) is 0.768. The van der Waals surface area contributed by atoms with Gasteiger partial charge in [-0.25, -0.2) is 8.42 Å². The predicted molar refractivity (Wildman–Crippen MR) is 74.5 cm³/mol. The van der Waals surface area contributed by atoms with Crippen LogP contribution >= 0.6 is 0 Å². The zero-order chi connectivity index (χ0) is 15.5. The van der Waals surface area contributed by atoms with Gasteiger partial charge in [0, 0.05) is 11.7 Å². The second kappa shape index (κ2) is 6.23. The Kier molecular flexibility index (Phi) is 4.77. The van der Waals surface area contributed by atoms with Crippen molar-refractivity contribution >= 4 is 15.7 Å². The fourth-order valence-corrected chi connectivity index (χ4v) is 3.69. The molecule has 0 saturated carbocycles. The zero-order valence-electron chi connectivity index (χ0n) is 11.3. The third-order valence-electron chi connectivity index (χ3n) is 3.30. The van der Waals surface area contributed by atoms with Gasteiger partial charge >= 0.3 is 6.18 Å². The highest BCUT2D eigenvalue weighted by Crippen LogP contribution is 2.30. The summed E-state index contributed by atoms with van der Waals surface area (Å²) in [7, 11) is -3.68. The molecule has 1 aromatic rings. The van der Waals surface area contributed by atoms with Gasteiger partial charge in [-0.1, -0.05) is 12.5 Å². The Balaban J connectivity index is 2.06. The first kappa shape index (κ1) is 16.1. The van der Waals surface area contributed by atoms with Crippen LogP contribution in [0.25, 0.3) is 0 Å². The lowest BCUT2D eigenvalue weighted by atomic mass is 10.1. The van der Waals surface area contributed by atoms with Crippen molar-refractivity contribution in [2.45, 2.75) is 31.5 Å². The molecule has 118 valence electrons. The van der Waals surface area contributed by atoms with E-state index in [1.807, 2.05) is 0 Å². The summed E-state index contributed by atoms with van der Waals surface area (Å²) in [5.41, 5.74) is -0.945. The maximum absolute atomic E-state index is 12.6. The molecule has 1 aliphatic heterocycles. The molecule has 4 nitrogen and oxygen atoms in total. The van der Waals surface area contributed by atoms with Crippen molar-refractivity contribution in [3.63, 3.8) is 0 Å². The normalized spacial score (nSPS) is 20.2. The molecule has 8 heteroatoms. The first-order valence-corrected chi connectivity index (χ1v) is 8.33. The van der Waals surface area contributed by atoms with E-state index in [4.69, 9.17) is 0 Å². The van der Waals surface area contributed by atoms with Crippen molar-refractivity contribution in [2.24, 2.45) is 0 Å². The second-order valence-electron chi connectivity index (χ2n) is 5.11. The van der Waals surface area contributed by atoms with E-state index in [-0.39, 0.29) is 17.5 Å². The maximum atomic E-state index is 12.6. The van der Waals surface area contributed by atoms with Crippen LogP contribution in [0.5, 0.6) is 0 Å². The van der Waals surface area contributed by atoms with Crippen LogP contribution in [0, 0.1) is 0 Å². The van der Waals surface area contributed by atoms with Gasteiger partial charge in [0.2, 0.25) is 10.0 Å². The minimum absolute atomic E-state index is 0.0689. The van der Waals surface area contributed by atoms with Crippen molar-refractivity contribution < 1.29 is 21.6 Å². The van der Waals surface area contributed by atoms with Gasteiger partial charge in [0.05, 0.1) is 11.3 Å². The van der Waals surface area contributed by atoms with Gasteiger partial charge in [0.1, 0.15) is 0 Å². The number of sulfonamides is 1. The van der Waals surface area contributed by atoms with Gasteiger partial charge in [-0.3, -0.25) is 4.72 Å². The number of anilines is 1. The molecule has 0 aromatic heterocycles. The molecule has 21 heavy (non-hydrogen) atoms. The molecular weight excluding hydrogens is 305 g/mol. The van der Waals surface area contributed by atoms with Crippen LogP contribution in [0.15, 0.2) is 24.3 Å². The molecule has 1 fully saturated rings. The average molecular weight is 322 g/mol. The summed E-state index contributed by atoms with van der Waals surface area (Å²) in [6.07, 6.45) is -1.77. The Morgan fingerprint density at radius 3 is 2.67 bits per heavy atom. The lowest BCUT2D eigenvalue weighted by Crippen LogP contribution is -2.40. The summed E-state index contributed by atoms with van der Waals surface area (Å²) in [4.78, 5) is 0. The molecule has 1 aromatic carbocycles. The average Bonchev–Trinajstić information content (AvgIpc) is 2.38. The van der Waals surface area contributed by atoms with E-state index in [0.717, 1.165) is 37.9 Å². The quantitative estimate of drug-likeness (QED) is 0.896. The zero-order valence-corrected chi connectivity index (χ0v) is 12.1. The van der Waals surface area contributed by atoms with Gasteiger partial charge in [-0.2, -0.15) is 13.2 Å². The first-order chi connectivity index (χ1) is 9.76. The van der Waals surface area contributed by atoms with Gasteiger partial charge in [-0.05, 0) is 37.6 Å². The van der Waals surface area contributed by atoms with E-state index in [1.54, 1.807) is 0 Å². The van der Waals surface area contributed by atoms with Gasteiger partial charge < -0.3 is 5.32 Å². The number of benzene rings is 1. The molecule has 2 N–H and O–H groups in total. The molecule has 1 saturated heterocycles. The Labute approximate surface area is 121 Å². The Hall–Kier alpha value is -1.28. The highest BCUT2D eigenvalue weighted by Gasteiger charge is 2.30. The molecule has 0 radical (unpaired) electrons. The molecule has 0 aliphatic carbocycles. The van der Waals surface area contributed by atoms with Crippen molar-refractivity contribution in [1.29, 1.82) is 0 Å². The molecule has 2 rings (SSSR count). The third kappa shape index (κ3) is 4.89. The predicted octanol–water partition coefficient (Wildman–Crippen LogP) is 2.59. The highest BCUT2D eigenvalue weighted by atomic mass is 32.2. The summed E-state index contributed by atoms with van der Waals surface area (Å²) >= 11 is 0. The number of alkyl halides is 3. The molecule has 1 aliphatic rings. The standard InChI is InChI=1S/C13H17F3N2O2S/c14-13(15,16)10-4-3-6-11(8-10)18-21(19,20)9-12-5-1-2-7-17-12/h3-4,6,8,12,17-18H,1-2,5,7,9H2. The van der Waals surface area contributed by atoms with Crippen molar-refractivity contribution in [3.8, 4) is 0 Å². The Morgan fingerprint density at radius 1 is 1.29 bits per heavy atom. The van der Waals surface area contributed by atoms with Crippen molar-refractivity contribution in [1.82, 2.24) is 5.32 Å². The fourth-order valence-electron chi connectivity index (χ4n) is 2.31. The fraction of sp³-hybridized carbons (Fsp3) is 0.538. The van der Waals surface area contributed by atoms with E-state index < -0.39 is 21.8 Å². The third-order valence-corrected chi connectivity index (χ3v) is 4.68. The van der Waals surface area contributed by atoms with Crippen LogP contribution in [-0.4, -0.2) is 26.8 Å². The van der Waals surface area contributed by atoms with Crippen LogP contribution in [0.4, 0.5) is 18.9 Å². The minimum atomic E-state index is -4.49. The maximum Gasteiger partial charge on any atom is 0.416 e. The number of rotatable bonds is 4. The summed E-state index contributed by atoms with van der Waals surface area (Å²) in [6, 6.07) is 4.04. The van der Waals surface area contributed by atoms with Gasteiger partial charge in [0.15, 0.2) is 0 Å². The molecule has 0 bridgehead atoms. The molecule has 1 atom stereocenters. The minimum Gasteiger partial charge on any atom is -0.313 e. The highest BCUT2D eigenvalue weighted by molar-refractivity contribution is 7.92. The smallest absolute Gasteiger partial charge is 0.313 e. The summed E-state index contributed by atoms with van der Waals surface area (Å²) < 4.78 is 64.0.